The van der Waals surface area contributed by atoms with Gasteiger partial charge in [0.25, 0.3) is 5.91 Å². The molecule has 2 aromatic heterocycles. The Morgan fingerprint density at radius 3 is 2.94 bits per heavy atom. The summed E-state index contributed by atoms with van der Waals surface area (Å²) in [4.78, 5) is 16.9. The van der Waals surface area contributed by atoms with E-state index in [1.165, 1.54) is 11.1 Å². The van der Waals surface area contributed by atoms with Gasteiger partial charge in [-0.25, -0.2) is 0 Å². The molecule has 0 spiro atoms. The predicted octanol–water partition coefficient (Wildman–Crippen LogP) is 3.53. The third-order valence-electron chi connectivity index (χ3n) is 2.24. The Morgan fingerprint density at radius 1 is 1.44 bits per heavy atom. The highest BCUT2D eigenvalue weighted by Crippen LogP contribution is 2.22. The van der Waals surface area contributed by atoms with Gasteiger partial charge in [-0.3, -0.25) is 9.78 Å². The molecule has 6 heteroatoms. The minimum absolute atomic E-state index is 0.201. The second kappa shape index (κ2) is 6.31. The topological polar surface area (TPSA) is 42.0 Å². The maximum absolute atomic E-state index is 11.8. The number of aromatic nitrogens is 1. The zero-order valence-electron chi connectivity index (χ0n) is 9.32. The van der Waals surface area contributed by atoms with E-state index in [1.807, 2.05) is 12.1 Å². The lowest BCUT2D eigenvalue weighted by Gasteiger charge is -2.03. The van der Waals surface area contributed by atoms with Gasteiger partial charge < -0.3 is 5.32 Å². The second-order valence-electron chi connectivity index (χ2n) is 3.57. The molecule has 0 aliphatic heterocycles. The molecule has 0 aromatic carbocycles. The number of rotatable bonds is 4. The van der Waals surface area contributed by atoms with E-state index in [4.69, 9.17) is 11.6 Å². The second-order valence-corrected chi connectivity index (χ2v) is 6.56. The fourth-order valence-electron chi connectivity index (χ4n) is 1.40. The lowest BCUT2D eigenvalue weighted by molar-refractivity contribution is 0.0949. The number of hydrogen-bond donors (Lipinski definition) is 1. The van der Waals surface area contributed by atoms with E-state index in [1.54, 1.807) is 23.5 Å². The summed E-state index contributed by atoms with van der Waals surface area (Å²) in [5.41, 5.74) is 0.342. The summed E-state index contributed by atoms with van der Waals surface area (Å²) >= 11 is 10.9. The lowest BCUT2D eigenvalue weighted by Crippen LogP contribution is -2.26. The molecule has 0 saturated heterocycles. The maximum atomic E-state index is 11.8. The average molecular weight is 346 g/mol. The molecule has 0 unspecified atom stereocenters. The molecule has 2 aromatic rings. The van der Waals surface area contributed by atoms with Crippen LogP contribution in [0.4, 0.5) is 0 Å². The highest BCUT2D eigenvalue weighted by Gasteiger charge is 2.07. The summed E-state index contributed by atoms with van der Waals surface area (Å²) in [5, 5.41) is 3.33. The number of hydrogen-bond acceptors (Lipinski definition) is 3. The van der Waals surface area contributed by atoms with E-state index in [2.05, 4.69) is 26.2 Å². The number of halogens is 2. The van der Waals surface area contributed by atoms with Crippen LogP contribution in [0.15, 0.2) is 34.2 Å². The van der Waals surface area contributed by atoms with Crippen LogP contribution in [0.1, 0.15) is 15.4 Å². The van der Waals surface area contributed by atoms with Crippen molar-refractivity contribution >= 4 is 44.8 Å². The van der Waals surface area contributed by atoms with E-state index in [0.717, 1.165) is 10.2 Å². The Kier molecular flexibility index (Phi) is 4.74. The van der Waals surface area contributed by atoms with Gasteiger partial charge >= 0.3 is 0 Å². The van der Waals surface area contributed by atoms with Crippen molar-refractivity contribution in [2.75, 3.05) is 6.54 Å². The van der Waals surface area contributed by atoms with Gasteiger partial charge in [0, 0.05) is 22.6 Å². The van der Waals surface area contributed by atoms with E-state index in [9.17, 15) is 4.79 Å². The van der Waals surface area contributed by atoms with Crippen molar-refractivity contribution in [1.29, 1.82) is 0 Å². The van der Waals surface area contributed by atoms with Crippen LogP contribution in [0.2, 0.25) is 5.02 Å². The number of pyridine rings is 1. The third-order valence-corrected chi connectivity index (χ3v) is 4.16. The molecule has 3 nitrogen and oxygen atoms in total. The fourth-order valence-corrected chi connectivity index (χ4v) is 3.05. The van der Waals surface area contributed by atoms with Gasteiger partial charge in [-0.2, -0.15) is 0 Å². The summed E-state index contributed by atoms with van der Waals surface area (Å²) in [5.74, 6) is -0.201. The standard InChI is InChI=1S/C12H10BrClN2OS/c13-11-2-1-9(18-11)4-6-16-12(17)10-7-8(14)3-5-15-10/h1-3,5,7H,4,6H2,(H,16,17). The summed E-state index contributed by atoms with van der Waals surface area (Å²) in [6.45, 7) is 0.583. The highest BCUT2D eigenvalue weighted by atomic mass is 79.9. The number of carbonyl (C=O) groups excluding carboxylic acids is 1. The molecule has 0 fully saturated rings. The first-order chi connectivity index (χ1) is 8.65. The normalized spacial score (nSPS) is 10.3. The lowest BCUT2D eigenvalue weighted by atomic mass is 10.3. The maximum Gasteiger partial charge on any atom is 0.269 e. The molecule has 0 aliphatic rings. The van der Waals surface area contributed by atoms with E-state index >= 15 is 0 Å². The molecular formula is C12H10BrClN2OS. The molecule has 0 bridgehead atoms. The van der Waals surface area contributed by atoms with E-state index in [-0.39, 0.29) is 5.91 Å². The fraction of sp³-hybridized carbons (Fsp3) is 0.167. The molecule has 1 N–H and O–H groups in total. The first-order valence-electron chi connectivity index (χ1n) is 5.29. The molecule has 0 aliphatic carbocycles. The minimum Gasteiger partial charge on any atom is -0.350 e. The Labute approximate surface area is 122 Å². The molecule has 94 valence electrons. The Morgan fingerprint density at radius 2 is 2.28 bits per heavy atom. The number of nitrogens with zero attached hydrogens (tertiary/aromatic N) is 1. The summed E-state index contributed by atoms with van der Waals surface area (Å²) in [6, 6.07) is 7.24. The molecular weight excluding hydrogens is 336 g/mol. The summed E-state index contributed by atoms with van der Waals surface area (Å²) in [7, 11) is 0. The SMILES string of the molecule is O=C(NCCc1ccc(Br)s1)c1cc(Cl)ccn1. The van der Waals surface area contributed by atoms with Gasteiger partial charge in [-0.1, -0.05) is 11.6 Å². The quantitative estimate of drug-likeness (QED) is 0.921. The van der Waals surface area contributed by atoms with Crippen LogP contribution in [0.5, 0.6) is 0 Å². The Bertz CT molecular complexity index is 559. The van der Waals surface area contributed by atoms with Gasteiger partial charge in [-0.15, -0.1) is 11.3 Å². The molecule has 0 atom stereocenters. The van der Waals surface area contributed by atoms with Crippen LogP contribution in [-0.2, 0) is 6.42 Å². The van der Waals surface area contributed by atoms with Crippen molar-refractivity contribution in [1.82, 2.24) is 10.3 Å². The van der Waals surface area contributed by atoms with Crippen molar-refractivity contribution in [2.24, 2.45) is 0 Å². The zero-order chi connectivity index (χ0) is 13.0. The zero-order valence-corrected chi connectivity index (χ0v) is 12.5. The monoisotopic (exact) mass is 344 g/mol. The summed E-state index contributed by atoms with van der Waals surface area (Å²) in [6.07, 6.45) is 2.33. The first kappa shape index (κ1) is 13.5. The van der Waals surface area contributed by atoms with Crippen molar-refractivity contribution in [3.63, 3.8) is 0 Å². The summed E-state index contributed by atoms with van der Waals surface area (Å²) < 4.78 is 1.10. The van der Waals surface area contributed by atoms with Gasteiger partial charge in [0.05, 0.1) is 3.79 Å². The van der Waals surface area contributed by atoms with Crippen LogP contribution < -0.4 is 5.32 Å². The number of carbonyl (C=O) groups is 1. The molecule has 1 amide bonds. The Balaban J connectivity index is 1.85. The van der Waals surface area contributed by atoms with Crippen LogP contribution >= 0.6 is 38.9 Å². The molecule has 0 radical (unpaired) electrons. The van der Waals surface area contributed by atoms with E-state index < -0.39 is 0 Å². The number of thiophene rings is 1. The van der Waals surface area contributed by atoms with Crippen molar-refractivity contribution in [2.45, 2.75) is 6.42 Å². The molecule has 18 heavy (non-hydrogen) atoms. The van der Waals surface area contributed by atoms with Crippen molar-refractivity contribution in [3.8, 4) is 0 Å². The van der Waals surface area contributed by atoms with Crippen molar-refractivity contribution < 1.29 is 4.79 Å². The van der Waals surface area contributed by atoms with Gasteiger partial charge in [-0.05, 0) is 46.6 Å². The molecule has 2 heterocycles. The largest absolute Gasteiger partial charge is 0.350 e. The van der Waals surface area contributed by atoms with Gasteiger partial charge in [0.2, 0.25) is 0 Å². The van der Waals surface area contributed by atoms with Gasteiger partial charge in [0.15, 0.2) is 0 Å². The van der Waals surface area contributed by atoms with Crippen molar-refractivity contribution in [3.05, 3.63) is 49.8 Å². The number of amides is 1. The Hall–Kier alpha value is -0.910. The van der Waals surface area contributed by atoms with Crippen LogP contribution in [0.3, 0.4) is 0 Å². The van der Waals surface area contributed by atoms with Crippen LogP contribution in [-0.4, -0.2) is 17.4 Å². The van der Waals surface area contributed by atoms with Gasteiger partial charge in [0.1, 0.15) is 5.69 Å². The van der Waals surface area contributed by atoms with E-state index in [0.29, 0.717) is 17.3 Å². The highest BCUT2D eigenvalue weighted by molar-refractivity contribution is 9.11. The average Bonchev–Trinajstić information content (AvgIpc) is 2.75. The first-order valence-corrected chi connectivity index (χ1v) is 7.28. The van der Waals surface area contributed by atoms with Crippen LogP contribution in [0, 0.1) is 0 Å². The predicted molar refractivity (Wildman–Crippen MR) is 77.3 cm³/mol. The molecule has 0 saturated carbocycles. The van der Waals surface area contributed by atoms with Crippen LogP contribution in [0.25, 0.3) is 0 Å². The molecule has 2 rings (SSSR count). The smallest absolute Gasteiger partial charge is 0.269 e. The minimum atomic E-state index is -0.201. The number of nitrogens with one attached hydrogen (secondary N) is 1. The third kappa shape index (κ3) is 3.80.